The second kappa shape index (κ2) is 8.48. The molecule has 5 nitrogen and oxygen atoms in total. The predicted molar refractivity (Wildman–Crippen MR) is 107 cm³/mol. The Morgan fingerprint density at radius 2 is 1.90 bits per heavy atom. The van der Waals surface area contributed by atoms with Crippen LogP contribution in [0.4, 0.5) is 13.2 Å². The molecule has 4 rings (SSSR count). The van der Waals surface area contributed by atoms with Crippen LogP contribution in [-0.4, -0.2) is 71.8 Å². The molecule has 0 radical (unpaired) electrons. The molecule has 2 heterocycles. The number of hydrogen-bond donors (Lipinski definition) is 2. The number of alkyl halides is 3. The van der Waals surface area contributed by atoms with Crippen molar-refractivity contribution in [2.24, 2.45) is 5.92 Å². The molecule has 0 bridgehead atoms. The van der Waals surface area contributed by atoms with Crippen LogP contribution in [0.3, 0.4) is 0 Å². The number of halogens is 3. The van der Waals surface area contributed by atoms with Crippen molar-refractivity contribution in [3.8, 4) is 0 Å². The van der Waals surface area contributed by atoms with Crippen LogP contribution in [0, 0.1) is 5.92 Å². The first-order valence-electron chi connectivity index (χ1n) is 10.9. The van der Waals surface area contributed by atoms with Crippen molar-refractivity contribution in [3.63, 3.8) is 0 Å². The third-order valence-corrected chi connectivity index (χ3v) is 7.06. The van der Waals surface area contributed by atoms with Gasteiger partial charge in [0.05, 0.1) is 12.1 Å². The molecule has 3 fully saturated rings. The first kappa shape index (κ1) is 21.6. The molecule has 2 saturated heterocycles. The molecule has 4 atom stereocenters. The summed E-state index contributed by atoms with van der Waals surface area (Å²) in [5, 5.41) is 14.7. The number of carbonyl (C=O) groups excluding carboxylic acids is 1. The Hall–Kier alpha value is -1.64. The third kappa shape index (κ3) is 4.22. The van der Waals surface area contributed by atoms with E-state index in [0.717, 1.165) is 31.2 Å². The lowest BCUT2D eigenvalue weighted by Gasteiger charge is -2.53. The zero-order chi connectivity index (χ0) is 21.4. The number of piperidine rings is 1. The quantitative estimate of drug-likeness (QED) is 0.782. The standard InChI is InChI=1S/C22H30F3N3O2/c23-22(24,25)15-27-13-11-26-14-19(27)20(29)28-12-10-21(30,16-6-2-1-3-7-16)17-8-4-5-9-18(17)28/h1-3,6-7,17-19,26,30H,4-5,8-15H2/t17-,18+,19?,21?/m1/s1. The molecule has 8 heteroatoms. The highest BCUT2D eigenvalue weighted by Gasteiger charge is 2.51. The van der Waals surface area contributed by atoms with Gasteiger partial charge in [-0.25, -0.2) is 0 Å². The monoisotopic (exact) mass is 425 g/mol. The maximum atomic E-state index is 13.4. The Morgan fingerprint density at radius 1 is 1.17 bits per heavy atom. The van der Waals surface area contributed by atoms with Gasteiger partial charge >= 0.3 is 6.18 Å². The van der Waals surface area contributed by atoms with Gasteiger partial charge in [-0.1, -0.05) is 43.2 Å². The Kier molecular flexibility index (Phi) is 6.10. The van der Waals surface area contributed by atoms with E-state index >= 15 is 0 Å². The molecule has 1 aromatic rings. The van der Waals surface area contributed by atoms with Crippen LogP contribution < -0.4 is 5.32 Å². The van der Waals surface area contributed by atoms with E-state index in [1.807, 2.05) is 30.3 Å². The van der Waals surface area contributed by atoms with Crippen molar-refractivity contribution in [1.82, 2.24) is 15.1 Å². The largest absolute Gasteiger partial charge is 0.401 e. The summed E-state index contributed by atoms with van der Waals surface area (Å²) in [4.78, 5) is 16.5. The van der Waals surface area contributed by atoms with Gasteiger partial charge in [0, 0.05) is 38.1 Å². The van der Waals surface area contributed by atoms with Crippen molar-refractivity contribution >= 4 is 5.91 Å². The van der Waals surface area contributed by atoms with Crippen LogP contribution in [-0.2, 0) is 10.4 Å². The van der Waals surface area contributed by atoms with E-state index in [4.69, 9.17) is 0 Å². The van der Waals surface area contributed by atoms with Gasteiger partial charge in [-0.2, -0.15) is 13.2 Å². The summed E-state index contributed by atoms with van der Waals surface area (Å²) in [6, 6.07) is 8.63. The average molecular weight is 425 g/mol. The maximum absolute atomic E-state index is 13.4. The minimum atomic E-state index is -4.33. The fourth-order valence-corrected chi connectivity index (χ4v) is 5.64. The van der Waals surface area contributed by atoms with Crippen molar-refractivity contribution < 1.29 is 23.1 Å². The van der Waals surface area contributed by atoms with Gasteiger partial charge in [0.15, 0.2) is 0 Å². The van der Waals surface area contributed by atoms with Gasteiger partial charge < -0.3 is 15.3 Å². The molecule has 166 valence electrons. The first-order valence-corrected chi connectivity index (χ1v) is 10.9. The van der Waals surface area contributed by atoms with E-state index in [-0.39, 0.29) is 31.0 Å². The highest BCUT2D eigenvalue weighted by Crippen LogP contribution is 2.47. The lowest BCUT2D eigenvalue weighted by atomic mass is 9.66. The molecule has 1 aromatic carbocycles. The van der Waals surface area contributed by atoms with E-state index in [9.17, 15) is 23.1 Å². The van der Waals surface area contributed by atoms with Crippen LogP contribution in [0.25, 0.3) is 0 Å². The highest BCUT2D eigenvalue weighted by molar-refractivity contribution is 5.83. The summed E-state index contributed by atoms with van der Waals surface area (Å²) in [5.74, 6) is -0.336. The second-order valence-electron chi connectivity index (χ2n) is 8.84. The third-order valence-electron chi connectivity index (χ3n) is 7.06. The van der Waals surface area contributed by atoms with Gasteiger partial charge in [0.1, 0.15) is 6.04 Å². The Labute approximate surface area is 175 Å². The number of hydrogen-bond acceptors (Lipinski definition) is 4. The van der Waals surface area contributed by atoms with Crippen LogP contribution in [0.5, 0.6) is 0 Å². The van der Waals surface area contributed by atoms with Crippen molar-refractivity contribution in [2.75, 3.05) is 32.7 Å². The molecule has 1 saturated carbocycles. The van der Waals surface area contributed by atoms with E-state index in [0.29, 0.717) is 19.5 Å². The van der Waals surface area contributed by atoms with E-state index in [1.54, 1.807) is 4.90 Å². The van der Waals surface area contributed by atoms with Crippen molar-refractivity contribution in [2.45, 2.75) is 56.0 Å². The zero-order valence-corrected chi connectivity index (χ0v) is 17.1. The number of likely N-dealkylation sites (tertiary alicyclic amines) is 1. The van der Waals surface area contributed by atoms with Gasteiger partial charge in [-0.3, -0.25) is 9.69 Å². The van der Waals surface area contributed by atoms with Crippen molar-refractivity contribution in [3.05, 3.63) is 35.9 Å². The van der Waals surface area contributed by atoms with Gasteiger partial charge in [-0.05, 0) is 24.8 Å². The number of nitrogens with one attached hydrogen (secondary N) is 1. The molecule has 1 aliphatic carbocycles. The second-order valence-corrected chi connectivity index (χ2v) is 8.84. The molecule has 0 aromatic heterocycles. The maximum Gasteiger partial charge on any atom is 0.401 e. The summed E-state index contributed by atoms with van der Waals surface area (Å²) in [7, 11) is 0. The number of rotatable bonds is 3. The van der Waals surface area contributed by atoms with E-state index in [2.05, 4.69) is 5.32 Å². The topological polar surface area (TPSA) is 55.8 Å². The minimum Gasteiger partial charge on any atom is -0.385 e. The van der Waals surface area contributed by atoms with Gasteiger partial charge in [-0.15, -0.1) is 0 Å². The van der Waals surface area contributed by atoms with Crippen molar-refractivity contribution in [1.29, 1.82) is 0 Å². The first-order chi connectivity index (χ1) is 14.3. The molecule has 2 N–H and O–H groups in total. The normalized spacial score (nSPS) is 33.2. The molecule has 2 unspecified atom stereocenters. The zero-order valence-electron chi connectivity index (χ0n) is 17.1. The lowest BCUT2D eigenvalue weighted by Crippen LogP contribution is -2.65. The van der Waals surface area contributed by atoms with Crippen LogP contribution >= 0.6 is 0 Å². The number of aliphatic hydroxyl groups is 1. The number of benzene rings is 1. The molecular formula is C22H30F3N3O2. The van der Waals surface area contributed by atoms with Crippen LogP contribution in [0.1, 0.15) is 37.7 Å². The number of amides is 1. The predicted octanol–water partition coefficient (Wildman–Crippen LogP) is 2.50. The number of nitrogens with zero attached hydrogens (tertiary/aromatic N) is 2. The molecule has 0 spiro atoms. The SMILES string of the molecule is O=C(C1CNCCN1CC(F)(F)F)N1CCC(O)(c2ccccc2)[C@@H]2CCCC[C@@H]21. The fraction of sp³-hybridized carbons (Fsp3) is 0.682. The molecule has 30 heavy (non-hydrogen) atoms. The summed E-state index contributed by atoms with van der Waals surface area (Å²) in [6.07, 6.45) is -0.378. The average Bonchev–Trinajstić information content (AvgIpc) is 2.74. The Bertz CT molecular complexity index is 745. The Balaban J connectivity index is 1.57. The summed E-state index contributed by atoms with van der Waals surface area (Å²) >= 11 is 0. The smallest absolute Gasteiger partial charge is 0.385 e. The van der Waals surface area contributed by atoms with E-state index < -0.39 is 24.4 Å². The van der Waals surface area contributed by atoms with Crippen LogP contribution in [0.2, 0.25) is 0 Å². The van der Waals surface area contributed by atoms with E-state index in [1.165, 1.54) is 4.90 Å². The van der Waals surface area contributed by atoms with Crippen LogP contribution in [0.15, 0.2) is 30.3 Å². The molecular weight excluding hydrogens is 395 g/mol. The number of carbonyl (C=O) groups is 1. The lowest BCUT2D eigenvalue weighted by molar-refractivity contribution is -0.170. The molecule has 1 amide bonds. The molecule has 2 aliphatic heterocycles. The van der Waals surface area contributed by atoms with Gasteiger partial charge in [0.2, 0.25) is 5.91 Å². The number of piperazine rings is 1. The minimum absolute atomic E-state index is 0.0982. The summed E-state index contributed by atoms with van der Waals surface area (Å²) < 4.78 is 39.2. The fourth-order valence-electron chi connectivity index (χ4n) is 5.64. The summed E-state index contributed by atoms with van der Waals surface area (Å²) in [5.41, 5.74) is -0.133. The highest BCUT2D eigenvalue weighted by atomic mass is 19.4. The molecule has 3 aliphatic rings. The number of fused-ring (bicyclic) bond motifs is 1. The van der Waals surface area contributed by atoms with Gasteiger partial charge in [0.25, 0.3) is 0 Å². The summed E-state index contributed by atoms with van der Waals surface area (Å²) in [6.45, 7) is 0.167. The Morgan fingerprint density at radius 3 is 2.63 bits per heavy atom.